The summed E-state index contributed by atoms with van der Waals surface area (Å²) in [5, 5.41) is 0. The average Bonchev–Trinajstić information content (AvgIpc) is 1.64. The third kappa shape index (κ3) is 2.74. The maximum absolute atomic E-state index is 5.25. The summed E-state index contributed by atoms with van der Waals surface area (Å²) in [6.07, 6.45) is 0. The molecule has 0 aromatic heterocycles. The highest BCUT2D eigenvalue weighted by molar-refractivity contribution is 8.05. The molecule has 0 bridgehead atoms. The number of rotatable bonds is 2. The maximum Gasteiger partial charge on any atom is 0.180 e. The molecule has 0 N–H and O–H groups in total. The van der Waals surface area contributed by atoms with E-state index in [2.05, 4.69) is 27.7 Å². The molecule has 0 fully saturated rings. The molecule has 0 spiro atoms. The van der Waals surface area contributed by atoms with Crippen molar-refractivity contribution < 1.29 is 0 Å². The van der Waals surface area contributed by atoms with Gasteiger partial charge in [-0.3, -0.25) is 0 Å². The van der Waals surface area contributed by atoms with E-state index in [0.717, 1.165) is 11.3 Å². The Labute approximate surface area is 58.1 Å². The molecular formula is C6H14PS+. The van der Waals surface area contributed by atoms with Crippen LogP contribution in [-0.2, 0) is 11.8 Å². The molecule has 0 aliphatic rings. The highest BCUT2D eigenvalue weighted by atomic mass is 32.4. The monoisotopic (exact) mass is 149 g/mol. The Balaban J connectivity index is 3.65. The lowest BCUT2D eigenvalue weighted by Crippen LogP contribution is -1.95. The highest BCUT2D eigenvalue weighted by Crippen LogP contribution is 2.32. The Kier molecular flexibility index (Phi) is 3.76. The Bertz CT molecular complexity index is 76.5. The molecule has 0 saturated heterocycles. The molecule has 0 aromatic rings. The quantitative estimate of drug-likeness (QED) is 0.544. The molecule has 0 atom stereocenters. The van der Waals surface area contributed by atoms with Crippen molar-refractivity contribution in [2.75, 3.05) is 0 Å². The Hall–Kier alpha value is 0.520. The SMILES string of the molecule is CC(C)[P+](=S)C(C)C. The van der Waals surface area contributed by atoms with Crippen molar-refractivity contribution in [3.05, 3.63) is 0 Å². The molecular weight excluding hydrogens is 135 g/mol. The predicted octanol–water partition coefficient (Wildman–Crippen LogP) is 2.75. The van der Waals surface area contributed by atoms with Crippen LogP contribution in [0.2, 0.25) is 0 Å². The van der Waals surface area contributed by atoms with Gasteiger partial charge in [-0.25, -0.2) is 0 Å². The molecule has 2 heteroatoms. The van der Waals surface area contributed by atoms with Crippen LogP contribution in [0.1, 0.15) is 27.7 Å². The fraction of sp³-hybridized carbons (Fsp3) is 1.00. The molecule has 0 aliphatic carbocycles. The van der Waals surface area contributed by atoms with Crippen molar-refractivity contribution in [2.45, 2.75) is 39.0 Å². The lowest BCUT2D eigenvalue weighted by molar-refractivity contribution is 1.03. The van der Waals surface area contributed by atoms with Gasteiger partial charge in [0, 0.05) is 0 Å². The van der Waals surface area contributed by atoms with E-state index < -0.39 is 0 Å². The van der Waals surface area contributed by atoms with Gasteiger partial charge in [-0.05, 0) is 27.7 Å². The fourth-order valence-corrected chi connectivity index (χ4v) is 1.79. The summed E-state index contributed by atoms with van der Waals surface area (Å²) in [5.74, 6) is 0. The average molecular weight is 149 g/mol. The Morgan fingerprint density at radius 3 is 1.25 bits per heavy atom. The standard InChI is InChI=1S/C6H14PS/c1-5(2)7(8)6(3)4/h5-6H,1-4H3/q+1. The molecule has 0 amide bonds. The fourth-order valence-electron chi connectivity index (χ4n) is 0.596. The first-order valence-corrected chi connectivity index (χ1v) is 5.50. The first-order valence-electron chi connectivity index (χ1n) is 3.01. The molecule has 0 unspecified atom stereocenters. The highest BCUT2D eigenvalue weighted by Gasteiger charge is 2.18. The summed E-state index contributed by atoms with van der Waals surface area (Å²) in [6.45, 7) is 8.71. The van der Waals surface area contributed by atoms with E-state index in [9.17, 15) is 0 Å². The maximum atomic E-state index is 5.25. The second-order valence-corrected chi connectivity index (χ2v) is 6.60. The van der Waals surface area contributed by atoms with Crippen LogP contribution >= 0.6 is 6.70 Å². The third-order valence-corrected chi connectivity index (χ3v) is 5.58. The molecule has 0 aliphatic heterocycles. The zero-order valence-electron chi connectivity index (χ0n) is 6.01. The summed E-state index contributed by atoms with van der Waals surface area (Å²) < 4.78 is 0. The molecule has 0 heterocycles. The first-order chi connectivity index (χ1) is 3.55. The van der Waals surface area contributed by atoms with E-state index in [-0.39, 0.29) is 6.70 Å². The first kappa shape index (κ1) is 8.52. The van der Waals surface area contributed by atoms with Gasteiger partial charge in [0.15, 0.2) is 18.5 Å². The van der Waals surface area contributed by atoms with Crippen LogP contribution in [-0.4, -0.2) is 11.3 Å². The van der Waals surface area contributed by atoms with Gasteiger partial charge in [-0.15, -0.1) is 0 Å². The van der Waals surface area contributed by atoms with E-state index in [1.54, 1.807) is 0 Å². The smallest absolute Gasteiger partial charge is 0.0206 e. The minimum absolute atomic E-state index is 0.115. The van der Waals surface area contributed by atoms with E-state index in [4.69, 9.17) is 11.8 Å². The van der Waals surface area contributed by atoms with E-state index in [1.807, 2.05) is 0 Å². The third-order valence-electron chi connectivity index (χ3n) is 1.02. The van der Waals surface area contributed by atoms with E-state index in [0.29, 0.717) is 0 Å². The lowest BCUT2D eigenvalue weighted by atomic mass is 10.5. The molecule has 0 rings (SSSR count). The molecule has 8 heavy (non-hydrogen) atoms. The normalized spacial score (nSPS) is 10.8. The summed E-state index contributed by atoms with van der Waals surface area (Å²) >= 11 is 5.25. The molecule has 0 saturated carbocycles. The van der Waals surface area contributed by atoms with Crippen LogP contribution in [0.25, 0.3) is 0 Å². The van der Waals surface area contributed by atoms with Gasteiger partial charge in [-0.2, -0.15) is 0 Å². The van der Waals surface area contributed by atoms with Gasteiger partial charge in [-0.1, -0.05) is 0 Å². The second kappa shape index (κ2) is 3.53. The van der Waals surface area contributed by atoms with Crippen molar-refractivity contribution in [3.63, 3.8) is 0 Å². The van der Waals surface area contributed by atoms with Gasteiger partial charge in [0.05, 0.1) is 0 Å². The number of hydrogen-bond acceptors (Lipinski definition) is 1. The molecule has 48 valence electrons. The van der Waals surface area contributed by atoms with Gasteiger partial charge in [0.25, 0.3) is 0 Å². The second-order valence-electron chi connectivity index (χ2n) is 2.55. The topological polar surface area (TPSA) is 0 Å². The lowest BCUT2D eigenvalue weighted by Gasteiger charge is -1.96. The minimum Gasteiger partial charge on any atom is -0.0206 e. The molecule has 0 nitrogen and oxygen atoms in total. The summed E-state index contributed by atoms with van der Waals surface area (Å²) in [6, 6.07) is 0. The zero-order valence-corrected chi connectivity index (χ0v) is 7.72. The van der Waals surface area contributed by atoms with Crippen LogP contribution in [0.4, 0.5) is 0 Å². The van der Waals surface area contributed by atoms with Gasteiger partial charge in [0.2, 0.25) is 0 Å². The van der Waals surface area contributed by atoms with Crippen LogP contribution in [0.15, 0.2) is 0 Å². The number of hydrogen-bond donors (Lipinski definition) is 0. The summed E-state index contributed by atoms with van der Waals surface area (Å²) in [7, 11) is 0. The van der Waals surface area contributed by atoms with Crippen LogP contribution in [0.3, 0.4) is 0 Å². The van der Waals surface area contributed by atoms with Crippen LogP contribution < -0.4 is 0 Å². The summed E-state index contributed by atoms with van der Waals surface area (Å²) in [4.78, 5) is 0. The van der Waals surface area contributed by atoms with Crippen molar-refractivity contribution in [2.24, 2.45) is 0 Å². The van der Waals surface area contributed by atoms with Crippen molar-refractivity contribution in [1.29, 1.82) is 0 Å². The zero-order chi connectivity index (χ0) is 6.73. The van der Waals surface area contributed by atoms with Gasteiger partial charge >= 0.3 is 0 Å². The van der Waals surface area contributed by atoms with Crippen molar-refractivity contribution in [1.82, 2.24) is 0 Å². The van der Waals surface area contributed by atoms with E-state index >= 15 is 0 Å². The van der Waals surface area contributed by atoms with Crippen LogP contribution in [0, 0.1) is 0 Å². The summed E-state index contributed by atoms with van der Waals surface area (Å²) in [5.41, 5.74) is 1.44. The van der Waals surface area contributed by atoms with Gasteiger partial charge < -0.3 is 0 Å². The largest absolute Gasteiger partial charge is 0.180 e. The van der Waals surface area contributed by atoms with Crippen molar-refractivity contribution >= 4 is 18.5 Å². The molecule has 0 aromatic carbocycles. The van der Waals surface area contributed by atoms with Crippen molar-refractivity contribution in [3.8, 4) is 0 Å². The van der Waals surface area contributed by atoms with E-state index in [1.165, 1.54) is 0 Å². The van der Waals surface area contributed by atoms with Gasteiger partial charge in [0.1, 0.15) is 11.3 Å². The van der Waals surface area contributed by atoms with Crippen LogP contribution in [0.5, 0.6) is 0 Å². The Morgan fingerprint density at radius 2 is 1.25 bits per heavy atom. The predicted molar refractivity (Wildman–Crippen MR) is 44.6 cm³/mol. The minimum atomic E-state index is -0.115. The molecule has 0 radical (unpaired) electrons. The Morgan fingerprint density at radius 1 is 1.00 bits per heavy atom.